The van der Waals surface area contributed by atoms with Crippen LogP contribution in [0.1, 0.15) is 50.3 Å². The van der Waals surface area contributed by atoms with Crippen molar-refractivity contribution in [1.29, 1.82) is 0 Å². The third kappa shape index (κ3) is 2.50. The van der Waals surface area contributed by atoms with Crippen LogP contribution in [0.4, 0.5) is 0 Å². The number of para-hydroxylation sites is 2. The number of hydrogen-bond donors (Lipinski definition) is 0. The summed E-state index contributed by atoms with van der Waals surface area (Å²) in [6, 6.07) is 31.6. The molecule has 1 heterocycles. The number of fused-ring (bicyclic) bond motifs is 6. The third-order valence-electron chi connectivity index (χ3n) is 7.19. The summed E-state index contributed by atoms with van der Waals surface area (Å²) in [7, 11) is 0. The van der Waals surface area contributed by atoms with E-state index in [0.29, 0.717) is 5.92 Å². The first-order chi connectivity index (χ1) is 15.0. The van der Waals surface area contributed by atoms with E-state index in [1.54, 1.807) is 0 Å². The van der Waals surface area contributed by atoms with Crippen molar-refractivity contribution in [2.45, 2.75) is 39.0 Å². The fourth-order valence-electron chi connectivity index (χ4n) is 5.44. The van der Waals surface area contributed by atoms with E-state index in [4.69, 9.17) is 0 Å². The molecule has 1 aromatic heterocycles. The second-order valence-corrected chi connectivity index (χ2v) is 9.68. The molecular weight excluding hydrogens is 374 g/mol. The average molecular weight is 402 g/mol. The fourth-order valence-corrected chi connectivity index (χ4v) is 5.44. The third-order valence-corrected chi connectivity index (χ3v) is 7.19. The highest BCUT2D eigenvalue weighted by atomic mass is 15.0. The zero-order chi connectivity index (χ0) is 21.3. The quantitative estimate of drug-likeness (QED) is 0.281. The van der Waals surface area contributed by atoms with Gasteiger partial charge in [0.25, 0.3) is 0 Å². The van der Waals surface area contributed by atoms with E-state index >= 15 is 0 Å². The Labute approximate surface area is 184 Å². The Morgan fingerprint density at radius 3 is 1.81 bits per heavy atom. The highest BCUT2D eigenvalue weighted by Gasteiger charge is 2.36. The van der Waals surface area contributed by atoms with Gasteiger partial charge >= 0.3 is 0 Å². The molecule has 0 bridgehead atoms. The minimum Gasteiger partial charge on any atom is -0.309 e. The van der Waals surface area contributed by atoms with Crippen LogP contribution < -0.4 is 0 Å². The number of rotatable bonds is 2. The van der Waals surface area contributed by atoms with E-state index in [-0.39, 0.29) is 5.41 Å². The second kappa shape index (κ2) is 6.34. The van der Waals surface area contributed by atoms with Crippen LogP contribution in [0, 0.1) is 0 Å². The number of benzene rings is 4. The summed E-state index contributed by atoms with van der Waals surface area (Å²) in [4.78, 5) is 0. The van der Waals surface area contributed by atoms with Crippen molar-refractivity contribution < 1.29 is 0 Å². The Morgan fingerprint density at radius 1 is 0.645 bits per heavy atom. The lowest BCUT2D eigenvalue weighted by Crippen LogP contribution is -2.15. The van der Waals surface area contributed by atoms with Crippen LogP contribution in [0.15, 0.2) is 84.9 Å². The Kier molecular flexibility index (Phi) is 3.77. The Hall–Kier alpha value is -3.32. The van der Waals surface area contributed by atoms with Crippen molar-refractivity contribution in [2.24, 2.45) is 0 Å². The fraction of sp³-hybridized carbons (Fsp3) is 0.200. The molecule has 0 fully saturated rings. The molecule has 0 unspecified atom stereocenters. The first-order valence-electron chi connectivity index (χ1n) is 11.2. The van der Waals surface area contributed by atoms with Crippen molar-refractivity contribution in [3.8, 4) is 16.8 Å². The molecule has 31 heavy (non-hydrogen) atoms. The van der Waals surface area contributed by atoms with E-state index in [1.807, 2.05) is 0 Å². The summed E-state index contributed by atoms with van der Waals surface area (Å²) in [5.74, 6) is 0.540. The van der Waals surface area contributed by atoms with Gasteiger partial charge in [0, 0.05) is 21.9 Å². The molecule has 0 aliphatic heterocycles. The van der Waals surface area contributed by atoms with Gasteiger partial charge in [-0.3, -0.25) is 0 Å². The van der Waals surface area contributed by atoms with Gasteiger partial charge in [-0.1, -0.05) is 88.4 Å². The van der Waals surface area contributed by atoms with E-state index in [1.165, 1.54) is 55.3 Å². The topological polar surface area (TPSA) is 4.93 Å². The summed E-state index contributed by atoms with van der Waals surface area (Å²) < 4.78 is 2.42. The summed E-state index contributed by atoms with van der Waals surface area (Å²) in [5, 5.41) is 2.62. The van der Waals surface area contributed by atoms with Crippen LogP contribution in [0.25, 0.3) is 38.6 Å². The molecule has 0 N–H and O–H groups in total. The molecule has 1 aliphatic carbocycles. The van der Waals surface area contributed by atoms with Gasteiger partial charge in [-0.05, 0) is 58.0 Å². The number of nitrogens with zero attached hydrogens (tertiary/aromatic N) is 1. The van der Waals surface area contributed by atoms with E-state index < -0.39 is 0 Å². The summed E-state index contributed by atoms with van der Waals surface area (Å²) in [5.41, 5.74) is 10.8. The molecule has 4 aromatic carbocycles. The molecule has 6 rings (SSSR count). The average Bonchev–Trinajstić information content (AvgIpc) is 3.23. The zero-order valence-corrected chi connectivity index (χ0v) is 18.6. The van der Waals surface area contributed by atoms with Crippen LogP contribution in [-0.2, 0) is 5.41 Å². The highest BCUT2D eigenvalue weighted by molar-refractivity contribution is 6.09. The second-order valence-electron chi connectivity index (χ2n) is 9.68. The lowest BCUT2D eigenvalue weighted by Gasteiger charge is -2.23. The van der Waals surface area contributed by atoms with Crippen LogP contribution in [-0.4, -0.2) is 4.57 Å². The summed E-state index contributed by atoms with van der Waals surface area (Å²) in [6.07, 6.45) is 0. The standard InChI is InChI=1S/C30H27N/c1-19(2)20-13-15-22-23-16-14-21(18-27(23)30(3,4)26(22)17-20)31-28-11-7-5-9-24(28)25-10-6-8-12-29(25)31/h5-19H,1-4H3. The molecule has 0 atom stereocenters. The van der Waals surface area contributed by atoms with Crippen LogP contribution in [0.3, 0.4) is 0 Å². The number of aromatic nitrogens is 1. The van der Waals surface area contributed by atoms with Gasteiger partial charge in [0.2, 0.25) is 0 Å². The van der Waals surface area contributed by atoms with Crippen molar-refractivity contribution in [1.82, 2.24) is 4.57 Å². The highest BCUT2D eigenvalue weighted by Crippen LogP contribution is 2.50. The van der Waals surface area contributed by atoms with E-state index in [0.717, 1.165) is 0 Å². The Bertz CT molecular complexity index is 1430. The van der Waals surface area contributed by atoms with Crippen molar-refractivity contribution in [2.75, 3.05) is 0 Å². The predicted octanol–water partition coefficient (Wildman–Crippen LogP) is 8.21. The maximum atomic E-state index is 2.43. The maximum absolute atomic E-state index is 2.43. The Morgan fingerprint density at radius 2 is 1.19 bits per heavy atom. The molecule has 0 radical (unpaired) electrons. The van der Waals surface area contributed by atoms with Crippen LogP contribution in [0.5, 0.6) is 0 Å². The lowest BCUT2D eigenvalue weighted by molar-refractivity contribution is 0.657. The molecule has 0 saturated carbocycles. The number of hydrogen-bond acceptors (Lipinski definition) is 0. The van der Waals surface area contributed by atoms with Crippen molar-refractivity contribution in [3.05, 3.63) is 102 Å². The summed E-state index contributed by atoms with van der Waals surface area (Å²) >= 11 is 0. The molecule has 1 heteroatoms. The van der Waals surface area contributed by atoms with Gasteiger partial charge in [0.05, 0.1) is 11.0 Å². The SMILES string of the molecule is CC(C)c1ccc2c(c1)C(C)(C)c1cc(-n3c4ccccc4c4ccccc43)ccc1-2. The van der Waals surface area contributed by atoms with Gasteiger partial charge in [-0.25, -0.2) is 0 Å². The molecule has 0 saturated heterocycles. The van der Waals surface area contributed by atoms with E-state index in [9.17, 15) is 0 Å². The monoisotopic (exact) mass is 401 g/mol. The largest absolute Gasteiger partial charge is 0.309 e. The van der Waals surface area contributed by atoms with Gasteiger partial charge < -0.3 is 4.57 Å². The van der Waals surface area contributed by atoms with Crippen LogP contribution >= 0.6 is 0 Å². The molecule has 1 nitrogen and oxygen atoms in total. The van der Waals surface area contributed by atoms with Gasteiger partial charge in [-0.2, -0.15) is 0 Å². The van der Waals surface area contributed by atoms with Crippen molar-refractivity contribution in [3.63, 3.8) is 0 Å². The molecule has 1 aliphatic rings. The first-order valence-corrected chi connectivity index (χ1v) is 11.2. The molecular formula is C30H27N. The van der Waals surface area contributed by atoms with E-state index in [2.05, 4.69) is 117 Å². The molecule has 0 amide bonds. The van der Waals surface area contributed by atoms with Crippen LogP contribution in [0.2, 0.25) is 0 Å². The smallest absolute Gasteiger partial charge is 0.0541 e. The first kappa shape index (κ1) is 18.4. The Balaban J connectivity index is 1.61. The molecule has 152 valence electrons. The van der Waals surface area contributed by atoms with Gasteiger partial charge in [0.1, 0.15) is 0 Å². The lowest BCUT2D eigenvalue weighted by atomic mass is 9.81. The predicted molar refractivity (Wildman–Crippen MR) is 132 cm³/mol. The normalized spacial score (nSPS) is 14.4. The maximum Gasteiger partial charge on any atom is 0.0541 e. The summed E-state index contributed by atoms with van der Waals surface area (Å²) in [6.45, 7) is 9.29. The minimum atomic E-state index is -0.00959. The van der Waals surface area contributed by atoms with Gasteiger partial charge in [-0.15, -0.1) is 0 Å². The molecule has 0 spiro atoms. The zero-order valence-electron chi connectivity index (χ0n) is 18.6. The minimum absolute atomic E-state index is 0.00959. The molecule has 5 aromatic rings. The van der Waals surface area contributed by atoms with Crippen molar-refractivity contribution >= 4 is 21.8 Å². The van der Waals surface area contributed by atoms with Gasteiger partial charge in [0.15, 0.2) is 0 Å².